The summed E-state index contributed by atoms with van der Waals surface area (Å²) in [4.78, 5) is 0. The maximum absolute atomic E-state index is 10.5. The summed E-state index contributed by atoms with van der Waals surface area (Å²) in [5.41, 5.74) is 0. The Labute approximate surface area is 50.3 Å². The highest BCUT2D eigenvalue weighted by Gasteiger charge is 2.64. The van der Waals surface area contributed by atoms with Gasteiger partial charge in [-0.2, -0.15) is 0 Å². The third-order valence-electron chi connectivity index (χ3n) is 0.891. The van der Waals surface area contributed by atoms with Crippen LogP contribution in [0.1, 0.15) is 0 Å². The van der Waals surface area contributed by atoms with Gasteiger partial charge in [0, 0.05) is 0 Å². The molecule has 4 nitrogen and oxygen atoms in total. The number of phosphoric ester groups is 1. The van der Waals surface area contributed by atoms with Gasteiger partial charge < -0.3 is 0 Å². The van der Waals surface area contributed by atoms with E-state index in [0.717, 1.165) is 0 Å². The van der Waals surface area contributed by atoms with Crippen LogP contribution in [0.25, 0.3) is 0 Å². The van der Waals surface area contributed by atoms with Crippen LogP contribution in [0.15, 0.2) is 0 Å². The van der Waals surface area contributed by atoms with Gasteiger partial charge in [0.2, 0.25) is 0 Å². The van der Waals surface area contributed by atoms with Gasteiger partial charge in [-0.05, 0) is 0 Å². The molecule has 6 heteroatoms. The molecule has 0 aromatic carbocycles. The molecule has 0 amide bonds. The molecular formula is C2H2ClO4P. The quantitative estimate of drug-likeness (QED) is 0.389. The Morgan fingerprint density at radius 3 is 2.38 bits per heavy atom. The molecule has 0 aromatic heterocycles. The van der Waals surface area contributed by atoms with E-state index in [1.807, 2.05) is 0 Å². The van der Waals surface area contributed by atoms with Crippen molar-refractivity contribution in [3.8, 4) is 0 Å². The molecule has 0 spiro atoms. The van der Waals surface area contributed by atoms with Gasteiger partial charge in [-0.25, -0.2) is 13.6 Å². The Kier molecular flexibility index (Phi) is 0.733. The summed E-state index contributed by atoms with van der Waals surface area (Å²) >= 11 is 5.38. The second-order valence-corrected chi connectivity index (χ2v) is 3.66. The average molecular weight is 156 g/mol. The first-order valence-corrected chi connectivity index (χ1v) is 3.81. The number of rotatable bonds is 0. The van der Waals surface area contributed by atoms with Crippen molar-refractivity contribution in [1.29, 1.82) is 0 Å². The third-order valence-corrected chi connectivity index (χ3v) is 2.85. The molecule has 3 aliphatic rings. The van der Waals surface area contributed by atoms with Gasteiger partial charge in [0.25, 0.3) is 5.25 Å². The van der Waals surface area contributed by atoms with E-state index in [1.54, 1.807) is 0 Å². The zero-order chi connectivity index (χ0) is 5.83. The molecule has 3 heterocycles. The summed E-state index contributed by atoms with van der Waals surface area (Å²) in [7, 11) is -3.10. The standard InChI is InChI=1S/C2H2ClO4P/c3-2-1-5-8(4,6-2)7-2/h1H2. The van der Waals surface area contributed by atoms with Gasteiger partial charge in [0.05, 0.1) is 0 Å². The Balaban J connectivity index is 2.34. The molecule has 2 bridgehead atoms. The van der Waals surface area contributed by atoms with Crippen molar-refractivity contribution >= 4 is 19.4 Å². The number of fused-ring (bicyclic) bond motifs is 1. The summed E-state index contributed by atoms with van der Waals surface area (Å²) in [6.07, 6.45) is 0. The Hall–Kier alpha value is 0.400. The SMILES string of the molecule is O=P12OCC(Cl)(O1)O2. The molecule has 8 heavy (non-hydrogen) atoms. The summed E-state index contributed by atoms with van der Waals surface area (Å²) in [6.45, 7) is 0.0613. The Morgan fingerprint density at radius 2 is 2.25 bits per heavy atom. The third kappa shape index (κ3) is 0.496. The van der Waals surface area contributed by atoms with Crippen LogP contribution in [-0.4, -0.2) is 11.9 Å². The summed E-state index contributed by atoms with van der Waals surface area (Å²) in [5, 5.41) is -1.21. The van der Waals surface area contributed by atoms with Crippen LogP contribution in [0.5, 0.6) is 0 Å². The van der Waals surface area contributed by atoms with Crippen molar-refractivity contribution in [3.05, 3.63) is 0 Å². The highest BCUT2D eigenvalue weighted by Crippen LogP contribution is 2.72. The van der Waals surface area contributed by atoms with Crippen LogP contribution in [0.4, 0.5) is 0 Å². The van der Waals surface area contributed by atoms with Crippen molar-refractivity contribution < 1.29 is 18.1 Å². The minimum Gasteiger partial charge on any atom is -0.280 e. The number of phosphoric acid groups is 1. The predicted molar refractivity (Wildman–Crippen MR) is 24.3 cm³/mol. The summed E-state index contributed by atoms with van der Waals surface area (Å²) in [5.74, 6) is 0. The molecule has 3 rings (SSSR count). The van der Waals surface area contributed by atoms with Crippen LogP contribution in [0.3, 0.4) is 0 Å². The number of hydrogen-bond acceptors (Lipinski definition) is 4. The van der Waals surface area contributed by atoms with E-state index in [0.29, 0.717) is 0 Å². The molecule has 0 saturated carbocycles. The number of hydrogen-bond donors (Lipinski definition) is 0. The van der Waals surface area contributed by atoms with Crippen LogP contribution >= 0.6 is 19.4 Å². The first kappa shape index (κ1) is 5.21. The molecule has 0 radical (unpaired) electrons. The molecule has 0 unspecified atom stereocenters. The first-order chi connectivity index (χ1) is 3.62. The largest absolute Gasteiger partial charge is 0.482 e. The first-order valence-electron chi connectivity index (χ1n) is 1.97. The maximum atomic E-state index is 10.5. The van der Waals surface area contributed by atoms with Gasteiger partial charge in [0.1, 0.15) is 6.61 Å². The molecule has 0 atom stereocenters. The van der Waals surface area contributed by atoms with Crippen molar-refractivity contribution in [2.24, 2.45) is 0 Å². The lowest BCUT2D eigenvalue weighted by atomic mass is 10.7. The highest BCUT2D eigenvalue weighted by atomic mass is 35.5. The average Bonchev–Trinajstić information content (AvgIpc) is 1.88. The van der Waals surface area contributed by atoms with E-state index in [4.69, 9.17) is 11.6 Å². The fourth-order valence-corrected chi connectivity index (χ4v) is 2.46. The van der Waals surface area contributed by atoms with Gasteiger partial charge in [0.15, 0.2) is 0 Å². The highest BCUT2D eigenvalue weighted by molar-refractivity contribution is 7.50. The topological polar surface area (TPSA) is 44.8 Å². The lowest BCUT2D eigenvalue weighted by molar-refractivity contribution is -0.0939. The zero-order valence-electron chi connectivity index (χ0n) is 3.67. The molecule has 0 aliphatic carbocycles. The molecule has 0 N–H and O–H groups in total. The van der Waals surface area contributed by atoms with Gasteiger partial charge in [-0.15, -0.1) is 0 Å². The van der Waals surface area contributed by atoms with Gasteiger partial charge in [-0.3, -0.25) is 4.52 Å². The lowest BCUT2D eigenvalue weighted by Gasteiger charge is -2.26. The van der Waals surface area contributed by atoms with E-state index in [9.17, 15) is 4.57 Å². The molecule has 46 valence electrons. The van der Waals surface area contributed by atoms with Crippen molar-refractivity contribution in [1.82, 2.24) is 0 Å². The molecular weight excluding hydrogens is 154 g/mol. The van der Waals surface area contributed by atoms with E-state index in [1.165, 1.54) is 0 Å². The molecule has 3 saturated heterocycles. The van der Waals surface area contributed by atoms with Crippen molar-refractivity contribution in [3.63, 3.8) is 0 Å². The fraction of sp³-hybridized carbons (Fsp3) is 1.00. The summed E-state index contributed by atoms with van der Waals surface area (Å²) < 4.78 is 24.0. The number of alkyl halides is 1. The fourth-order valence-electron chi connectivity index (χ4n) is 0.602. The number of halogens is 1. The molecule has 0 aromatic rings. The predicted octanol–water partition coefficient (Wildman–Crippen LogP) is 1.06. The van der Waals surface area contributed by atoms with Gasteiger partial charge >= 0.3 is 7.82 Å². The van der Waals surface area contributed by atoms with Crippen LogP contribution < -0.4 is 0 Å². The van der Waals surface area contributed by atoms with Crippen molar-refractivity contribution in [2.45, 2.75) is 5.25 Å². The molecule has 3 aliphatic heterocycles. The lowest BCUT2D eigenvalue weighted by Crippen LogP contribution is -2.30. The Morgan fingerprint density at radius 1 is 1.62 bits per heavy atom. The molecule has 3 fully saturated rings. The maximum Gasteiger partial charge on any atom is 0.482 e. The minimum atomic E-state index is -3.10. The van der Waals surface area contributed by atoms with E-state index in [-0.39, 0.29) is 6.61 Å². The second kappa shape index (κ2) is 1.13. The van der Waals surface area contributed by atoms with E-state index < -0.39 is 13.1 Å². The summed E-state index contributed by atoms with van der Waals surface area (Å²) in [6, 6.07) is 0. The Bertz CT molecular complexity index is 169. The second-order valence-electron chi connectivity index (χ2n) is 1.56. The van der Waals surface area contributed by atoms with E-state index in [2.05, 4.69) is 13.6 Å². The normalized spacial score (nSPS) is 60.6. The monoisotopic (exact) mass is 156 g/mol. The van der Waals surface area contributed by atoms with Crippen molar-refractivity contribution in [2.75, 3.05) is 6.61 Å². The van der Waals surface area contributed by atoms with E-state index >= 15 is 0 Å². The smallest absolute Gasteiger partial charge is 0.280 e. The van der Waals surface area contributed by atoms with Gasteiger partial charge in [-0.1, -0.05) is 11.6 Å². The minimum absolute atomic E-state index is 0.0613. The van der Waals surface area contributed by atoms with Crippen LogP contribution in [0, 0.1) is 0 Å². The zero-order valence-corrected chi connectivity index (χ0v) is 5.32. The van der Waals surface area contributed by atoms with Crippen LogP contribution in [0.2, 0.25) is 0 Å². The van der Waals surface area contributed by atoms with Crippen LogP contribution in [-0.2, 0) is 18.1 Å².